The average molecular weight is 267 g/mol. The highest BCUT2D eigenvalue weighted by Crippen LogP contribution is 2.23. The van der Waals surface area contributed by atoms with Crippen LogP contribution in [0.5, 0.6) is 5.88 Å². The van der Waals surface area contributed by atoms with Crippen molar-refractivity contribution in [2.45, 2.75) is 46.1 Å². The minimum Gasteiger partial charge on any atom is -0.480 e. The Kier molecular flexibility index (Phi) is 5.09. The first-order chi connectivity index (χ1) is 8.97. The van der Waals surface area contributed by atoms with E-state index < -0.39 is 11.5 Å². The monoisotopic (exact) mass is 267 g/mol. The van der Waals surface area contributed by atoms with E-state index in [2.05, 4.69) is 15.3 Å². The van der Waals surface area contributed by atoms with Gasteiger partial charge in [0.2, 0.25) is 5.88 Å². The number of hydrogen-bond acceptors (Lipinski definition) is 5. The van der Waals surface area contributed by atoms with Crippen LogP contribution in [-0.4, -0.2) is 33.2 Å². The fourth-order valence-electron chi connectivity index (χ4n) is 1.85. The van der Waals surface area contributed by atoms with E-state index in [9.17, 15) is 9.90 Å². The number of aryl methyl sites for hydroxylation is 1. The molecule has 1 rings (SSSR count). The van der Waals surface area contributed by atoms with Crippen LogP contribution in [0.3, 0.4) is 0 Å². The normalized spacial score (nSPS) is 11.2. The summed E-state index contributed by atoms with van der Waals surface area (Å²) in [6.07, 6.45) is 0.928. The molecule has 0 aliphatic heterocycles. The molecule has 106 valence electrons. The van der Waals surface area contributed by atoms with E-state index in [0.29, 0.717) is 37.0 Å². The van der Waals surface area contributed by atoms with Crippen LogP contribution in [0.25, 0.3) is 0 Å². The maximum Gasteiger partial charge on any atom is 0.329 e. The van der Waals surface area contributed by atoms with Crippen LogP contribution < -0.4 is 10.1 Å². The SMILES string of the molecule is CCOc1cc(NC(CC)(CC)C(=O)O)nc(C)n1. The highest BCUT2D eigenvalue weighted by molar-refractivity contribution is 5.82. The summed E-state index contributed by atoms with van der Waals surface area (Å²) >= 11 is 0. The molecule has 0 spiro atoms. The summed E-state index contributed by atoms with van der Waals surface area (Å²) in [4.78, 5) is 19.8. The van der Waals surface area contributed by atoms with Crippen molar-refractivity contribution in [1.82, 2.24) is 9.97 Å². The Morgan fingerprint density at radius 2 is 2.00 bits per heavy atom. The lowest BCUT2D eigenvalue weighted by Crippen LogP contribution is -2.45. The Morgan fingerprint density at radius 1 is 1.37 bits per heavy atom. The van der Waals surface area contributed by atoms with E-state index in [4.69, 9.17) is 4.74 Å². The van der Waals surface area contributed by atoms with E-state index in [1.54, 1.807) is 13.0 Å². The van der Waals surface area contributed by atoms with Crippen molar-refractivity contribution in [2.75, 3.05) is 11.9 Å². The molecule has 6 nitrogen and oxygen atoms in total. The molecule has 2 N–H and O–H groups in total. The second kappa shape index (κ2) is 6.36. The highest BCUT2D eigenvalue weighted by Gasteiger charge is 2.35. The fraction of sp³-hybridized carbons (Fsp3) is 0.615. The van der Waals surface area contributed by atoms with Gasteiger partial charge in [-0.2, -0.15) is 4.98 Å². The molecular weight excluding hydrogens is 246 g/mol. The molecule has 0 bridgehead atoms. The molecule has 0 saturated heterocycles. The van der Waals surface area contributed by atoms with Gasteiger partial charge in [0.25, 0.3) is 0 Å². The van der Waals surface area contributed by atoms with E-state index in [-0.39, 0.29) is 0 Å². The predicted molar refractivity (Wildman–Crippen MR) is 72.5 cm³/mol. The van der Waals surface area contributed by atoms with Crippen LogP contribution in [-0.2, 0) is 4.79 Å². The van der Waals surface area contributed by atoms with Crippen molar-refractivity contribution >= 4 is 11.8 Å². The number of aliphatic carboxylic acids is 1. The summed E-state index contributed by atoms with van der Waals surface area (Å²) in [5, 5.41) is 12.4. The summed E-state index contributed by atoms with van der Waals surface area (Å²) in [6, 6.07) is 1.62. The number of aromatic nitrogens is 2. The van der Waals surface area contributed by atoms with Crippen molar-refractivity contribution < 1.29 is 14.6 Å². The molecule has 1 aromatic rings. The topological polar surface area (TPSA) is 84.3 Å². The van der Waals surface area contributed by atoms with E-state index >= 15 is 0 Å². The molecule has 1 heterocycles. The van der Waals surface area contributed by atoms with Gasteiger partial charge in [-0.05, 0) is 26.7 Å². The molecule has 1 aromatic heterocycles. The number of rotatable bonds is 7. The third-order valence-corrected chi connectivity index (χ3v) is 3.09. The van der Waals surface area contributed by atoms with Gasteiger partial charge >= 0.3 is 5.97 Å². The number of nitrogens with zero attached hydrogens (tertiary/aromatic N) is 2. The average Bonchev–Trinajstić information content (AvgIpc) is 2.35. The number of carboxylic acids is 1. The number of carbonyl (C=O) groups is 1. The zero-order valence-corrected chi connectivity index (χ0v) is 11.9. The van der Waals surface area contributed by atoms with Gasteiger partial charge in [0.05, 0.1) is 6.61 Å². The summed E-state index contributed by atoms with van der Waals surface area (Å²) in [5.41, 5.74) is -1.01. The lowest BCUT2D eigenvalue weighted by molar-refractivity contribution is -0.142. The third kappa shape index (κ3) is 3.56. The van der Waals surface area contributed by atoms with Crippen LogP contribution in [0.15, 0.2) is 6.07 Å². The summed E-state index contributed by atoms with van der Waals surface area (Å²) in [5.74, 6) is 0.581. The van der Waals surface area contributed by atoms with E-state index in [1.807, 2.05) is 20.8 Å². The molecule has 0 amide bonds. The first kappa shape index (κ1) is 15.2. The molecule has 19 heavy (non-hydrogen) atoms. The van der Waals surface area contributed by atoms with Crippen LogP contribution in [0.4, 0.5) is 5.82 Å². The third-order valence-electron chi connectivity index (χ3n) is 3.09. The van der Waals surface area contributed by atoms with Gasteiger partial charge in [0.15, 0.2) is 0 Å². The molecule has 0 aliphatic rings. The Labute approximate surface area is 113 Å². The van der Waals surface area contributed by atoms with Gasteiger partial charge in [-0.1, -0.05) is 13.8 Å². The number of nitrogens with one attached hydrogen (secondary N) is 1. The minimum absolute atomic E-state index is 0.448. The van der Waals surface area contributed by atoms with Crippen LogP contribution in [0.1, 0.15) is 39.4 Å². The number of anilines is 1. The first-order valence-corrected chi connectivity index (χ1v) is 6.47. The van der Waals surface area contributed by atoms with Crippen molar-refractivity contribution in [3.8, 4) is 5.88 Å². The van der Waals surface area contributed by atoms with E-state index in [0.717, 1.165) is 0 Å². The van der Waals surface area contributed by atoms with Crippen molar-refractivity contribution in [1.29, 1.82) is 0 Å². The summed E-state index contributed by atoms with van der Waals surface area (Å²) < 4.78 is 5.33. The van der Waals surface area contributed by atoms with Crippen LogP contribution >= 0.6 is 0 Å². The van der Waals surface area contributed by atoms with Crippen LogP contribution in [0.2, 0.25) is 0 Å². The first-order valence-electron chi connectivity index (χ1n) is 6.47. The van der Waals surface area contributed by atoms with E-state index in [1.165, 1.54) is 0 Å². The largest absolute Gasteiger partial charge is 0.480 e. The number of ether oxygens (including phenoxy) is 1. The molecule has 6 heteroatoms. The molecule has 0 saturated carbocycles. The molecule has 0 atom stereocenters. The zero-order valence-electron chi connectivity index (χ0n) is 11.9. The van der Waals surface area contributed by atoms with Gasteiger partial charge in [-0.25, -0.2) is 9.78 Å². The maximum absolute atomic E-state index is 11.4. The molecular formula is C13H21N3O3. The van der Waals surface area contributed by atoms with Gasteiger partial charge in [-0.15, -0.1) is 0 Å². The quantitative estimate of drug-likeness (QED) is 0.788. The highest BCUT2D eigenvalue weighted by atomic mass is 16.5. The molecule has 0 aromatic carbocycles. The smallest absolute Gasteiger partial charge is 0.329 e. The zero-order chi connectivity index (χ0) is 14.5. The molecule has 0 fully saturated rings. The minimum atomic E-state index is -1.01. The summed E-state index contributed by atoms with van der Waals surface area (Å²) in [7, 11) is 0. The maximum atomic E-state index is 11.4. The van der Waals surface area contributed by atoms with Gasteiger partial charge < -0.3 is 15.2 Å². The Hall–Kier alpha value is -1.85. The number of hydrogen-bond donors (Lipinski definition) is 2. The van der Waals surface area contributed by atoms with Gasteiger partial charge in [0, 0.05) is 6.07 Å². The lowest BCUT2D eigenvalue weighted by Gasteiger charge is -2.28. The second-order valence-electron chi connectivity index (χ2n) is 4.29. The number of carboxylic acid groups (broad SMARTS) is 1. The van der Waals surface area contributed by atoms with Gasteiger partial charge in [0.1, 0.15) is 17.2 Å². The Morgan fingerprint density at radius 3 is 2.47 bits per heavy atom. The Bertz CT molecular complexity index is 445. The van der Waals surface area contributed by atoms with Crippen molar-refractivity contribution in [3.63, 3.8) is 0 Å². The second-order valence-corrected chi connectivity index (χ2v) is 4.29. The van der Waals surface area contributed by atoms with Crippen LogP contribution in [0, 0.1) is 6.92 Å². The van der Waals surface area contributed by atoms with Gasteiger partial charge in [-0.3, -0.25) is 0 Å². The fourth-order valence-corrected chi connectivity index (χ4v) is 1.85. The molecule has 0 unspecified atom stereocenters. The lowest BCUT2D eigenvalue weighted by atomic mass is 9.93. The predicted octanol–water partition coefficient (Wildman–Crippen LogP) is 2.24. The summed E-state index contributed by atoms with van der Waals surface area (Å²) in [6.45, 7) is 7.78. The molecule has 0 aliphatic carbocycles. The molecule has 0 radical (unpaired) electrons. The van der Waals surface area contributed by atoms with Crippen molar-refractivity contribution in [3.05, 3.63) is 11.9 Å². The van der Waals surface area contributed by atoms with Crippen molar-refractivity contribution in [2.24, 2.45) is 0 Å². The Balaban J connectivity index is 3.06. The standard InChI is InChI=1S/C13H21N3O3/c1-5-13(6-2,12(17)18)16-10-8-11(19-7-3)15-9(4)14-10/h8H,5-7H2,1-4H3,(H,17,18)(H,14,15,16).